The number of hydrogen-bond donors (Lipinski definition) is 2. The second kappa shape index (κ2) is 10.6. The highest BCUT2D eigenvalue weighted by atomic mass is 16.5. The summed E-state index contributed by atoms with van der Waals surface area (Å²) >= 11 is 0. The zero-order valence-corrected chi connectivity index (χ0v) is 16.4. The highest BCUT2D eigenvalue weighted by Gasteiger charge is 2.13. The van der Waals surface area contributed by atoms with Gasteiger partial charge in [0.2, 0.25) is 0 Å². The van der Waals surface area contributed by atoms with Crippen molar-refractivity contribution in [3.05, 3.63) is 36.0 Å². The maximum Gasteiger partial charge on any atom is 0.191 e. The third-order valence-corrected chi connectivity index (χ3v) is 4.39. The molecule has 0 fully saturated rings. The molecule has 0 amide bonds. The first-order chi connectivity index (χ1) is 12.7. The van der Waals surface area contributed by atoms with E-state index in [0.717, 1.165) is 49.9 Å². The zero-order valence-electron chi connectivity index (χ0n) is 16.4. The van der Waals surface area contributed by atoms with E-state index in [-0.39, 0.29) is 0 Å². The van der Waals surface area contributed by atoms with Crippen LogP contribution in [0.25, 0.3) is 0 Å². The van der Waals surface area contributed by atoms with Gasteiger partial charge in [0.25, 0.3) is 0 Å². The van der Waals surface area contributed by atoms with Crippen molar-refractivity contribution < 1.29 is 4.52 Å². The number of aromatic nitrogens is 3. The van der Waals surface area contributed by atoms with E-state index < -0.39 is 0 Å². The van der Waals surface area contributed by atoms with Crippen LogP contribution < -0.4 is 10.6 Å². The van der Waals surface area contributed by atoms with Gasteiger partial charge in [0.05, 0.1) is 5.69 Å². The van der Waals surface area contributed by atoms with E-state index in [1.54, 1.807) is 6.20 Å². The first-order valence-corrected chi connectivity index (χ1v) is 9.61. The van der Waals surface area contributed by atoms with Crippen LogP contribution in [0.4, 0.5) is 0 Å². The molecule has 0 aliphatic carbocycles. The Bertz CT molecular complexity index is 645. The molecule has 2 aromatic heterocycles. The quantitative estimate of drug-likeness (QED) is 0.502. The zero-order chi connectivity index (χ0) is 18.8. The maximum absolute atomic E-state index is 5.45. The summed E-state index contributed by atoms with van der Waals surface area (Å²) in [6.07, 6.45) is 5.93. The normalized spacial score (nSPS) is 13.2. The Labute approximate surface area is 156 Å². The average molecular weight is 361 g/mol. The molecule has 0 aliphatic rings. The van der Waals surface area contributed by atoms with Crippen molar-refractivity contribution in [3.8, 4) is 0 Å². The molecular weight excluding hydrogens is 328 g/mol. The predicted octanol–water partition coefficient (Wildman–Crippen LogP) is 3.17. The Hall–Kier alpha value is -2.31. The fourth-order valence-corrected chi connectivity index (χ4v) is 2.86. The molecule has 7 nitrogen and oxygen atoms in total. The van der Waals surface area contributed by atoms with Gasteiger partial charge in [-0.05, 0) is 31.7 Å². The molecule has 0 saturated carbocycles. The van der Waals surface area contributed by atoms with Gasteiger partial charge in [-0.25, -0.2) is 4.99 Å². The Morgan fingerprint density at radius 3 is 2.73 bits per heavy atom. The molecule has 0 bridgehead atoms. The second-order valence-electron chi connectivity index (χ2n) is 6.64. The van der Waals surface area contributed by atoms with Gasteiger partial charge in [0.1, 0.15) is 6.54 Å². The molecule has 2 heterocycles. The fourth-order valence-electron chi connectivity index (χ4n) is 2.86. The van der Waals surface area contributed by atoms with Crippen LogP contribution in [0, 0.1) is 5.92 Å². The van der Waals surface area contributed by atoms with E-state index in [0.29, 0.717) is 18.4 Å². The Balaban J connectivity index is 1.87. The first kappa shape index (κ1) is 20.0. The number of nitrogens with zero attached hydrogens (tertiary/aromatic N) is 4. The highest BCUT2D eigenvalue weighted by molar-refractivity contribution is 5.79. The molecule has 0 aromatic carbocycles. The molecule has 0 spiro atoms. The molecule has 144 valence electrons. The minimum absolute atomic E-state index is 0.436. The monoisotopic (exact) mass is 360 g/mol. The third-order valence-electron chi connectivity index (χ3n) is 4.39. The number of aliphatic imine (C=N–C) groups is 1. The van der Waals surface area contributed by atoms with Gasteiger partial charge < -0.3 is 15.2 Å². The van der Waals surface area contributed by atoms with Crippen molar-refractivity contribution in [2.24, 2.45) is 10.9 Å². The van der Waals surface area contributed by atoms with Crippen molar-refractivity contribution in [2.45, 2.75) is 59.5 Å². The lowest BCUT2D eigenvalue weighted by atomic mass is 9.99. The van der Waals surface area contributed by atoms with Crippen LogP contribution >= 0.6 is 0 Å². The van der Waals surface area contributed by atoms with E-state index in [4.69, 9.17) is 4.52 Å². The molecular formula is C19H32N6O. The fraction of sp³-hybridized carbons (Fsp3) is 0.632. The number of nitrogens with one attached hydrogen (secondary N) is 2. The van der Waals surface area contributed by atoms with Gasteiger partial charge in [-0.1, -0.05) is 25.9 Å². The SMILES string of the molecule is CCNC(=NCc1cc(C(CC)CC)no1)NCC(C)Cn1cccn1. The van der Waals surface area contributed by atoms with Gasteiger partial charge in [-0.3, -0.25) is 4.68 Å². The minimum Gasteiger partial charge on any atom is -0.359 e. The maximum atomic E-state index is 5.45. The molecule has 2 rings (SSSR count). The van der Waals surface area contributed by atoms with Crippen molar-refractivity contribution in [3.63, 3.8) is 0 Å². The molecule has 7 heteroatoms. The average Bonchev–Trinajstić information content (AvgIpc) is 3.31. The lowest BCUT2D eigenvalue weighted by Crippen LogP contribution is -2.40. The molecule has 26 heavy (non-hydrogen) atoms. The molecule has 1 atom stereocenters. The van der Waals surface area contributed by atoms with Crippen molar-refractivity contribution in [2.75, 3.05) is 13.1 Å². The predicted molar refractivity (Wildman–Crippen MR) is 104 cm³/mol. The van der Waals surface area contributed by atoms with E-state index in [9.17, 15) is 0 Å². The summed E-state index contributed by atoms with van der Waals surface area (Å²) in [7, 11) is 0. The van der Waals surface area contributed by atoms with Crippen LogP contribution in [0.5, 0.6) is 0 Å². The van der Waals surface area contributed by atoms with Crippen LogP contribution in [0.3, 0.4) is 0 Å². The van der Waals surface area contributed by atoms with Gasteiger partial charge in [0, 0.05) is 44.0 Å². The van der Waals surface area contributed by atoms with Crippen LogP contribution in [-0.2, 0) is 13.1 Å². The summed E-state index contributed by atoms with van der Waals surface area (Å²) in [6.45, 7) is 11.6. The summed E-state index contributed by atoms with van der Waals surface area (Å²) in [5.74, 6) is 2.49. The summed E-state index contributed by atoms with van der Waals surface area (Å²) in [5.41, 5.74) is 1.03. The highest BCUT2D eigenvalue weighted by Crippen LogP contribution is 2.22. The number of guanidine groups is 1. The summed E-state index contributed by atoms with van der Waals surface area (Å²) < 4.78 is 7.40. The standard InChI is InChI=1S/C19H32N6O/c1-5-16(6-2)18-11-17(26-24-18)13-22-19(20-7-3)21-12-15(4)14-25-10-8-9-23-25/h8-11,15-16H,5-7,12-14H2,1-4H3,(H2,20,21,22). The van der Waals surface area contributed by atoms with Gasteiger partial charge in [-0.15, -0.1) is 0 Å². The molecule has 2 N–H and O–H groups in total. The Morgan fingerprint density at radius 2 is 2.08 bits per heavy atom. The van der Waals surface area contributed by atoms with Gasteiger partial charge >= 0.3 is 0 Å². The number of rotatable bonds is 10. The first-order valence-electron chi connectivity index (χ1n) is 9.61. The summed E-state index contributed by atoms with van der Waals surface area (Å²) in [5, 5.41) is 15.1. The lowest BCUT2D eigenvalue weighted by molar-refractivity contribution is 0.372. The van der Waals surface area contributed by atoms with Gasteiger partial charge in [-0.2, -0.15) is 5.10 Å². The molecule has 0 aliphatic heterocycles. The van der Waals surface area contributed by atoms with E-state index in [2.05, 4.69) is 53.6 Å². The van der Waals surface area contributed by atoms with E-state index in [1.165, 1.54) is 0 Å². The van der Waals surface area contributed by atoms with Crippen molar-refractivity contribution >= 4 is 5.96 Å². The topological polar surface area (TPSA) is 80.3 Å². The third kappa shape index (κ3) is 6.20. The summed E-state index contributed by atoms with van der Waals surface area (Å²) in [6, 6.07) is 3.98. The largest absolute Gasteiger partial charge is 0.359 e. The second-order valence-corrected chi connectivity index (χ2v) is 6.64. The molecule has 1 unspecified atom stereocenters. The van der Waals surface area contributed by atoms with E-state index in [1.807, 2.05) is 23.0 Å². The minimum atomic E-state index is 0.436. The Kier molecular flexibility index (Phi) is 8.18. The lowest BCUT2D eigenvalue weighted by Gasteiger charge is -2.15. The molecule has 2 aromatic rings. The molecule has 0 radical (unpaired) electrons. The van der Waals surface area contributed by atoms with Crippen LogP contribution in [0.2, 0.25) is 0 Å². The summed E-state index contributed by atoms with van der Waals surface area (Å²) in [4.78, 5) is 4.62. The van der Waals surface area contributed by atoms with Crippen LogP contribution in [0.15, 0.2) is 34.0 Å². The smallest absolute Gasteiger partial charge is 0.191 e. The number of hydrogen-bond acceptors (Lipinski definition) is 4. The van der Waals surface area contributed by atoms with Crippen LogP contribution in [-0.4, -0.2) is 34.0 Å². The molecule has 0 saturated heterocycles. The van der Waals surface area contributed by atoms with Crippen molar-refractivity contribution in [1.82, 2.24) is 25.6 Å². The van der Waals surface area contributed by atoms with Crippen LogP contribution in [0.1, 0.15) is 57.9 Å². The van der Waals surface area contributed by atoms with E-state index >= 15 is 0 Å². The van der Waals surface area contributed by atoms with Gasteiger partial charge in [0.15, 0.2) is 11.7 Å². The Morgan fingerprint density at radius 1 is 1.27 bits per heavy atom. The van der Waals surface area contributed by atoms with Crippen molar-refractivity contribution in [1.29, 1.82) is 0 Å².